The van der Waals surface area contributed by atoms with Crippen LogP contribution in [0.4, 0.5) is 0 Å². The molecule has 5 amide bonds. The first-order valence-electron chi connectivity index (χ1n) is 24.6. The van der Waals surface area contributed by atoms with Crippen LogP contribution < -0.4 is 21.7 Å². The number of carbonyl (C=O) groups is 7. The Balaban J connectivity index is 1.19. The molecular formula is C53H70N7O12P. The highest BCUT2D eigenvalue weighted by molar-refractivity contribution is 7.53. The molecule has 0 saturated carbocycles. The minimum Gasteiger partial charge on any atom is -0.438 e. The van der Waals surface area contributed by atoms with E-state index in [2.05, 4.69) is 25.8 Å². The number of aromatic amines is 1. The van der Waals surface area contributed by atoms with E-state index in [4.69, 9.17) is 24.3 Å². The summed E-state index contributed by atoms with van der Waals surface area (Å²) in [4.78, 5) is 101. The molecule has 0 unspecified atom stereocenters. The van der Waals surface area contributed by atoms with Crippen LogP contribution in [-0.2, 0) is 58.0 Å². The molecule has 3 aromatic carbocycles. The highest BCUT2D eigenvalue weighted by Crippen LogP contribution is 2.52. The van der Waals surface area contributed by atoms with Crippen molar-refractivity contribution in [3.8, 4) is 0 Å². The van der Waals surface area contributed by atoms with Crippen LogP contribution in [0, 0.1) is 10.8 Å². The fourth-order valence-electron chi connectivity index (χ4n) is 8.69. The second-order valence-electron chi connectivity index (χ2n) is 21.0. The molecule has 6 N–H and O–H groups in total. The smallest absolute Gasteiger partial charge is 0.340 e. The summed E-state index contributed by atoms with van der Waals surface area (Å²) >= 11 is 0. The fourth-order valence-corrected chi connectivity index (χ4v) is 10.0. The highest BCUT2D eigenvalue weighted by Gasteiger charge is 2.46. The van der Waals surface area contributed by atoms with Gasteiger partial charge in [-0.2, -0.15) is 0 Å². The van der Waals surface area contributed by atoms with Crippen LogP contribution in [0.3, 0.4) is 0 Å². The molecule has 0 bridgehead atoms. The summed E-state index contributed by atoms with van der Waals surface area (Å²) in [5.74, 6) is -3.98. The monoisotopic (exact) mass is 1030 g/mol. The number of ether oxygens (including phenoxy) is 2. The molecule has 0 aliphatic carbocycles. The van der Waals surface area contributed by atoms with Gasteiger partial charge in [0.05, 0.1) is 23.0 Å². The Kier molecular flexibility index (Phi) is 18.4. The zero-order valence-corrected chi connectivity index (χ0v) is 43.8. The number of hydrogen-bond acceptors (Lipinski definition) is 13. The Morgan fingerprint density at radius 3 is 1.93 bits per heavy atom. The number of rotatable bonds is 20. The highest BCUT2D eigenvalue weighted by atomic mass is 31.2. The van der Waals surface area contributed by atoms with Crippen LogP contribution >= 0.6 is 7.60 Å². The third kappa shape index (κ3) is 15.1. The van der Waals surface area contributed by atoms with Crippen LogP contribution in [-0.4, -0.2) is 113 Å². The van der Waals surface area contributed by atoms with Crippen molar-refractivity contribution in [2.24, 2.45) is 16.6 Å². The molecule has 20 heteroatoms. The summed E-state index contributed by atoms with van der Waals surface area (Å²) in [6.45, 7) is 13.3. The molecule has 2 fully saturated rings. The quantitative estimate of drug-likeness (QED) is 0.0375. The van der Waals surface area contributed by atoms with Crippen LogP contribution in [0.1, 0.15) is 121 Å². The van der Waals surface area contributed by atoms with Crippen molar-refractivity contribution in [1.29, 1.82) is 0 Å². The Labute approximate surface area is 426 Å². The molecule has 2 aliphatic rings. The Bertz CT molecular complexity index is 2590. The maximum Gasteiger partial charge on any atom is 0.340 e. The number of esters is 2. The number of aromatic nitrogens is 1. The molecular weight excluding hydrogens is 958 g/mol. The first-order valence-corrected chi connectivity index (χ1v) is 26.4. The summed E-state index contributed by atoms with van der Waals surface area (Å²) in [6.07, 6.45) is 0.820. The van der Waals surface area contributed by atoms with Gasteiger partial charge >= 0.3 is 19.5 Å². The fraction of sp³-hybridized carbons (Fsp3) is 0.491. The lowest BCUT2D eigenvalue weighted by atomic mass is 9.98. The molecule has 2 aliphatic heterocycles. The van der Waals surface area contributed by atoms with E-state index in [1.165, 1.54) is 0 Å². The lowest BCUT2D eigenvalue weighted by Crippen LogP contribution is -2.62. The topological polar surface area (TPSA) is 258 Å². The number of primary amides is 1. The van der Waals surface area contributed by atoms with E-state index in [9.17, 15) is 38.1 Å². The predicted molar refractivity (Wildman–Crippen MR) is 272 cm³/mol. The molecule has 3 heterocycles. The number of H-pyrrole nitrogens is 1. The van der Waals surface area contributed by atoms with Crippen molar-refractivity contribution < 1.29 is 56.6 Å². The van der Waals surface area contributed by atoms with Gasteiger partial charge in [0, 0.05) is 42.5 Å². The van der Waals surface area contributed by atoms with Gasteiger partial charge in [-0.25, -0.2) is 0 Å². The van der Waals surface area contributed by atoms with Crippen LogP contribution in [0.2, 0.25) is 0 Å². The number of amides is 5. The van der Waals surface area contributed by atoms with Gasteiger partial charge in [-0.1, -0.05) is 66.7 Å². The van der Waals surface area contributed by atoms with Gasteiger partial charge in [-0.15, -0.1) is 0 Å². The minimum atomic E-state index is -4.13. The van der Waals surface area contributed by atoms with E-state index in [1.807, 2.05) is 74.5 Å². The SMILES string of the molecule is CC(C)N1CC[C@H]2CC[C@@H](C(=O)N[C@@H](CCC(N)=O)C(=O)NC(c3ccccc3)c3ccccc3)N2C(=O)[C@@H](NC(=O)c2cc3cc(CP(=O)(OCOC(=O)C(C)(C)C)OCOC(=O)C(C)(C)C)ccc3[nH]2)C1. The van der Waals surface area contributed by atoms with Gasteiger partial charge in [0.25, 0.3) is 5.91 Å². The van der Waals surface area contributed by atoms with Crippen molar-refractivity contribution in [2.75, 3.05) is 26.7 Å². The second-order valence-corrected chi connectivity index (χ2v) is 23.0. The van der Waals surface area contributed by atoms with Gasteiger partial charge < -0.3 is 41.0 Å². The molecule has 73 heavy (non-hydrogen) atoms. The third-order valence-electron chi connectivity index (χ3n) is 12.8. The predicted octanol–water partition coefficient (Wildman–Crippen LogP) is 6.22. The van der Waals surface area contributed by atoms with Crippen LogP contribution in [0.25, 0.3) is 10.9 Å². The summed E-state index contributed by atoms with van der Waals surface area (Å²) in [7, 11) is -4.13. The summed E-state index contributed by atoms with van der Waals surface area (Å²) in [5.41, 5.74) is 6.56. The number of benzene rings is 3. The van der Waals surface area contributed by atoms with Crippen LogP contribution in [0.5, 0.6) is 0 Å². The van der Waals surface area contributed by atoms with Gasteiger partial charge in [0.15, 0.2) is 0 Å². The second kappa shape index (κ2) is 24.1. The van der Waals surface area contributed by atoms with E-state index in [0.717, 1.165) is 11.1 Å². The molecule has 0 radical (unpaired) electrons. The molecule has 2 saturated heterocycles. The molecule has 0 spiro atoms. The van der Waals surface area contributed by atoms with Gasteiger partial charge in [0.2, 0.25) is 37.2 Å². The minimum absolute atomic E-state index is 0.0193. The number of nitrogens with zero attached hydrogens (tertiary/aromatic N) is 2. The third-order valence-corrected chi connectivity index (χ3v) is 14.6. The van der Waals surface area contributed by atoms with Gasteiger partial charge in [0.1, 0.15) is 23.8 Å². The Morgan fingerprint density at radius 2 is 1.38 bits per heavy atom. The van der Waals surface area contributed by atoms with Gasteiger partial charge in [-0.05, 0) is 116 Å². The number of hydrogen-bond donors (Lipinski definition) is 5. The van der Waals surface area contributed by atoms with Crippen molar-refractivity contribution in [3.05, 3.63) is 107 Å². The zero-order chi connectivity index (χ0) is 53.3. The zero-order valence-electron chi connectivity index (χ0n) is 42.9. The molecule has 6 rings (SSSR count). The number of nitrogens with one attached hydrogen (secondary N) is 4. The Hall–Kier alpha value is -6.40. The number of fused-ring (bicyclic) bond motifs is 2. The summed E-state index contributed by atoms with van der Waals surface area (Å²) in [5, 5.41) is 9.42. The number of carbonyl (C=O) groups excluding carboxylic acids is 7. The van der Waals surface area contributed by atoms with E-state index in [0.29, 0.717) is 42.3 Å². The van der Waals surface area contributed by atoms with Crippen molar-refractivity contribution in [3.63, 3.8) is 0 Å². The molecule has 394 valence electrons. The largest absolute Gasteiger partial charge is 0.438 e. The lowest BCUT2D eigenvalue weighted by molar-refractivity contribution is -0.162. The maximum absolute atomic E-state index is 14.8. The van der Waals surface area contributed by atoms with E-state index >= 15 is 0 Å². The lowest BCUT2D eigenvalue weighted by Gasteiger charge is -2.40. The average Bonchev–Trinajstić information content (AvgIpc) is 3.96. The summed E-state index contributed by atoms with van der Waals surface area (Å²) in [6, 6.07) is 21.2. The Morgan fingerprint density at radius 1 is 0.795 bits per heavy atom. The molecule has 19 nitrogen and oxygen atoms in total. The molecule has 4 atom stereocenters. The number of nitrogens with two attached hydrogens (primary N) is 1. The van der Waals surface area contributed by atoms with Crippen molar-refractivity contribution in [2.45, 2.75) is 130 Å². The first kappa shape index (κ1) is 55.9. The van der Waals surface area contributed by atoms with Crippen molar-refractivity contribution in [1.82, 2.24) is 30.7 Å². The maximum atomic E-state index is 14.8. The van der Waals surface area contributed by atoms with E-state index in [-0.39, 0.29) is 43.3 Å². The van der Waals surface area contributed by atoms with E-state index in [1.54, 1.807) is 70.7 Å². The first-order chi connectivity index (χ1) is 34.4. The van der Waals surface area contributed by atoms with Crippen molar-refractivity contribution >= 4 is 60.0 Å². The van der Waals surface area contributed by atoms with Crippen LogP contribution in [0.15, 0.2) is 84.9 Å². The molecule has 1 aromatic heterocycles. The molecule has 4 aromatic rings. The van der Waals surface area contributed by atoms with E-state index < -0.39 is 97.7 Å². The normalized spacial score (nSPS) is 18.1. The van der Waals surface area contributed by atoms with Gasteiger partial charge in [-0.3, -0.25) is 52.1 Å². The average molecular weight is 1030 g/mol. The standard InChI is InChI=1S/C53H70N7O12P/c1-33(2)59-26-25-38-20-23-43(48(64)56-40(22-24-44(54)61)46(62)58-45(35-15-11-9-12-16-35)36-17-13-10-14-18-36)60(38)49(65)42(29-59)57-47(63)41-28-37-27-34(19-21-39(37)55-41)30-73(68,71-31-69-50(66)52(3,4)5)72-32-70-51(67)53(6,7)8/h9-19,21,27-28,33,38,40,42-43,45,55H,20,22-26,29-32H2,1-8H3,(H2,54,61)(H,56,64)(H,57,63)(H,58,62)/t38-,40+,42+,43+/m1/s1. The summed E-state index contributed by atoms with van der Waals surface area (Å²) < 4.78 is 35.5.